The number of nitrogens with one attached hydrogen (secondary N) is 1. The number of rotatable bonds is 7. The van der Waals surface area contributed by atoms with E-state index in [1.807, 2.05) is 24.7 Å². The fourth-order valence-electron chi connectivity index (χ4n) is 2.00. The summed E-state index contributed by atoms with van der Waals surface area (Å²) in [5.41, 5.74) is 0.170. The first-order valence-corrected chi connectivity index (χ1v) is 7.54. The Hall–Kier alpha value is -1.01. The number of aryl methyl sites for hydroxylation is 2. The van der Waals surface area contributed by atoms with E-state index < -0.39 is 11.5 Å². The Morgan fingerprint density at radius 2 is 2.37 bits per heavy atom. The molecule has 0 spiro atoms. The molecule has 1 aromatic heterocycles. The van der Waals surface area contributed by atoms with Crippen molar-refractivity contribution in [3.63, 3.8) is 0 Å². The van der Waals surface area contributed by atoms with Gasteiger partial charge in [0.05, 0.1) is 10.7 Å². The van der Waals surface area contributed by atoms with Crippen molar-refractivity contribution in [3.8, 4) is 0 Å². The Morgan fingerprint density at radius 3 is 2.84 bits per heavy atom. The normalized spacial score (nSPS) is 18.3. The summed E-state index contributed by atoms with van der Waals surface area (Å²) in [6, 6.07) is 2.42. The molecule has 0 aliphatic heterocycles. The molecule has 1 aliphatic rings. The smallest absolute Gasteiger partial charge is 0.323 e. The molecule has 1 aromatic rings. The molecule has 2 rings (SSSR count). The van der Waals surface area contributed by atoms with Crippen LogP contribution in [0.2, 0.25) is 0 Å². The van der Waals surface area contributed by atoms with Gasteiger partial charge in [-0.05, 0) is 39.2 Å². The molecule has 5 nitrogen and oxygen atoms in total. The Labute approximate surface area is 117 Å². The van der Waals surface area contributed by atoms with Gasteiger partial charge in [0.25, 0.3) is 0 Å². The zero-order valence-corrected chi connectivity index (χ0v) is 12.5. The molecular weight excluding hydrogens is 262 g/mol. The number of nitrogens with zero attached hydrogens (tertiary/aromatic N) is 2. The average Bonchev–Trinajstić information content (AvgIpc) is 3.05. The van der Waals surface area contributed by atoms with E-state index in [0.29, 0.717) is 12.5 Å². The first-order chi connectivity index (χ1) is 8.90. The molecule has 1 atom stereocenters. The number of carbonyl (C=O) groups is 1. The molecule has 1 unspecified atom stereocenters. The van der Waals surface area contributed by atoms with Gasteiger partial charge in [0.2, 0.25) is 0 Å². The highest BCUT2D eigenvalue weighted by Crippen LogP contribution is 2.27. The van der Waals surface area contributed by atoms with Crippen LogP contribution in [0.5, 0.6) is 0 Å². The van der Waals surface area contributed by atoms with Gasteiger partial charge in [0.15, 0.2) is 0 Å². The SMILES string of the molecule is Cc1cc(SCCC(C)(NC2CC2)C(=O)O)n(C)n1. The second-order valence-corrected chi connectivity index (χ2v) is 6.52. The first kappa shape index (κ1) is 14.4. The summed E-state index contributed by atoms with van der Waals surface area (Å²) in [4.78, 5) is 11.4. The highest BCUT2D eigenvalue weighted by atomic mass is 32.2. The van der Waals surface area contributed by atoms with E-state index in [4.69, 9.17) is 0 Å². The van der Waals surface area contributed by atoms with Crippen molar-refractivity contribution in [2.24, 2.45) is 7.05 Å². The van der Waals surface area contributed by atoms with Crippen LogP contribution in [0.3, 0.4) is 0 Å². The standard InChI is InChI=1S/C13H21N3O2S/c1-9-8-11(16(3)15-9)19-7-6-13(2,12(17)18)14-10-4-5-10/h8,10,14H,4-7H2,1-3H3,(H,17,18). The largest absolute Gasteiger partial charge is 0.480 e. The zero-order chi connectivity index (χ0) is 14.0. The summed E-state index contributed by atoms with van der Waals surface area (Å²) in [6.07, 6.45) is 2.79. The quantitative estimate of drug-likeness (QED) is 0.747. The third kappa shape index (κ3) is 3.73. The topological polar surface area (TPSA) is 67.2 Å². The number of hydrogen-bond acceptors (Lipinski definition) is 4. The number of carboxylic acids is 1. The summed E-state index contributed by atoms with van der Waals surface area (Å²) in [7, 11) is 1.91. The summed E-state index contributed by atoms with van der Waals surface area (Å²) >= 11 is 1.66. The van der Waals surface area contributed by atoms with Crippen LogP contribution >= 0.6 is 11.8 Å². The minimum absolute atomic E-state index is 0.394. The second kappa shape index (κ2) is 5.54. The van der Waals surface area contributed by atoms with Crippen LogP contribution in [0, 0.1) is 6.92 Å². The van der Waals surface area contributed by atoms with Crippen LogP contribution in [0.15, 0.2) is 11.1 Å². The maximum atomic E-state index is 11.4. The number of carboxylic acid groups (broad SMARTS) is 1. The van der Waals surface area contributed by atoms with E-state index in [1.54, 1.807) is 18.7 Å². The van der Waals surface area contributed by atoms with Crippen molar-refractivity contribution in [2.45, 2.75) is 49.7 Å². The maximum absolute atomic E-state index is 11.4. The summed E-state index contributed by atoms with van der Waals surface area (Å²) in [5.74, 6) is 0.00258. The fraction of sp³-hybridized carbons (Fsp3) is 0.692. The van der Waals surface area contributed by atoms with E-state index in [9.17, 15) is 9.90 Å². The van der Waals surface area contributed by atoms with E-state index in [1.165, 1.54) is 0 Å². The molecule has 0 bridgehead atoms. The molecule has 0 aromatic carbocycles. The van der Waals surface area contributed by atoms with Gasteiger partial charge in [0.1, 0.15) is 5.54 Å². The van der Waals surface area contributed by atoms with Crippen molar-refractivity contribution in [3.05, 3.63) is 11.8 Å². The number of hydrogen-bond donors (Lipinski definition) is 2. The van der Waals surface area contributed by atoms with E-state index in [-0.39, 0.29) is 0 Å². The van der Waals surface area contributed by atoms with Crippen LogP contribution < -0.4 is 5.32 Å². The minimum Gasteiger partial charge on any atom is -0.480 e. The third-order valence-electron chi connectivity index (χ3n) is 3.38. The third-order valence-corrected chi connectivity index (χ3v) is 4.47. The molecule has 0 radical (unpaired) electrons. The Kier molecular flexibility index (Phi) is 4.20. The predicted molar refractivity (Wildman–Crippen MR) is 75.5 cm³/mol. The summed E-state index contributed by atoms with van der Waals surface area (Å²) < 4.78 is 1.84. The van der Waals surface area contributed by atoms with Gasteiger partial charge in [-0.1, -0.05) is 0 Å². The van der Waals surface area contributed by atoms with Gasteiger partial charge in [-0.15, -0.1) is 11.8 Å². The van der Waals surface area contributed by atoms with Gasteiger partial charge in [-0.3, -0.25) is 14.8 Å². The van der Waals surface area contributed by atoms with Crippen molar-refractivity contribution < 1.29 is 9.90 Å². The molecular formula is C13H21N3O2S. The molecule has 1 fully saturated rings. The minimum atomic E-state index is -0.818. The van der Waals surface area contributed by atoms with Crippen LogP contribution in [-0.4, -0.2) is 38.2 Å². The first-order valence-electron chi connectivity index (χ1n) is 6.55. The number of aromatic nitrogens is 2. The molecule has 19 heavy (non-hydrogen) atoms. The Balaban J connectivity index is 1.88. The number of thioether (sulfide) groups is 1. The zero-order valence-electron chi connectivity index (χ0n) is 11.6. The summed E-state index contributed by atoms with van der Waals surface area (Å²) in [6.45, 7) is 3.74. The second-order valence-electron chi connectivity index (χ2n) is 5.40. The van der Waals surface area contributed by atoms with Crippen molar-refractivity contribution in [1.29, 1.82) is 0 Å². The molecule has 1 saturated carbocycles. The highest BCUT2D eigenvalue weighted by Gasteiger charge is 2.38. The van der Waals surface area contributed by atoms with Crippen LogP contribution in [0.1, 0.15) is 31.9 Å². The lowest BCUT2D eigenvalue weighted by atomic mass is 9.99. The molecule has 0 saturated heterocycles. The Morgan fingerprint density at radius 1 is 1.68 bits per heavy atom. The monoisotopic (exact) mass is 283 g/mol. The van der Waals surface area contributed by atoms with Gasteiger partial charge in [-0.25, -0.2) is 0 Å². The molecule has 2 N–H and O–H groups in total. The van der Waals surface area contributed by atoms with E-state index in [2.05, 4.69) is 10.4 Å². The maximum Gasteiger partial charge on any atom is 0.323 e. The highest BCUT2D eigenvalue weighted by molar-refractivity contribution is 7.99. The van der Waals surface area contributed by atoms with Crippen LogP contribution in [0.4, 0.5) is 0 Å². The van der Waals surface area contributed by atoms with Gasteiger partial charge in [-0.2, -0.15) is 5.10 Å². The van der Waals surface area contributed by atoms with Crippen molar-refractivity contribution in [2.75, 3.05) is 5.75 Å². The summed E-state index contributed by atoms with van der Waals surface area (Å²) in [5, 5.41) is 18.0. The lowest BCUT2D eigenvalue weighted by molar-refractivity contribution is -0.144. The molecule has 1 heterocycles. The van der Waals surface area contributed by atoms with Crippen LogP contribution in [-0.2, 0) is 11.8 Å². The van der Waals surface area contributed by atoms with Crippen molar-refractivity contribution >= 4 is 17.7 Å². The fourth-order valence-corrected chi connectivity index (χ4v) is 3.20. The van der Waals surface area contributed by atoms with Gasteiger partial charge >= 0.3 is 5.97 Å². The molecule has 0 amide bonds. The molecule has 106 valence electrons. The van der Waals surface area contributed by atoms with E-state index in [0.717, 1.165) is 29.3 Å². The molecule has 6 heteroatoms. The lowest BCUT2D eigenvalue weighted by Gasteiger charge is -2.26. The Bertz CT molecular complexity index is 470. The van der Waals surface area contributed by atoms with Gasteiger partial charge < -0.3 is 5.11 Å². The average molecular weight is 283 g/mol. The number of aliphatic carboxylic acids is 1. The molecule has 1 aliphatic carbocycles. The lowest BCUT2D eigenvalue weighted by Crippen LogP contribution is -2.50. The van der Waals surface area contributed by atoms with Crippen molar-refractivity contribution in [1.82, 2.24) is 15.1 Å². The van der Waals surface area contributed by atoms with E-state index >= 15 is 0 Å². The van der Waals surface area contributed by atoms with Gasteiger partial charge in [0, 0.05) is 18.8 Å². The predicted octanol–water partition coefficient (Wildman–Crippen LogP) is 1.81. The van der Waals surface area contributed by atoms with Crippen LogP contribution in [0.25, 0.3) is 0 Å².